The van der Waals surface area contributed by atoms with Gasteiger partial charge in [-0.3, -0.25) is 4.79 Å². The van der Waals surface area contributed by atoms with Gasteiger partial charge in [0, 0.05) is 11.9 Å². The Morgan fingerprint density at radius 2 is 2.24 bits per heavy atom. The van der Waals surface area contributed by atoms with Gasteiger partial charge in [-0.1, -0.05) is 0 Å². The molecule has 0 aromatic rings. The summed E-state index contributed by atoms with van der Waals surface area (Å²) in [6.45, 7) is 6.22. The molecule has 6 heteroatoms. The van der Waals surface area contributed by atoms with Crippen LogP contribution in [0.15, 0.2) is 0 Å². The lowest BCUT2D eigenvalue weighted by atomic mass is 9.80. The minimum atomic E-state index is -0.738. The van der Waals surface area contributed by atoms with Crippen LogP contribution in [0.1, 0.15) is 33.6 Å². The van der Waals surface area contributed by atoms with E-state index < -0.39 is 5.97 Å². The molecule has 0 aliphatic carbocycles. The molecule has 1 rings (SSSR count). The molecule has 1 N–H and O–H groups in total. The van der Waals surface area contributed by atoms with E-state index in [2.05, 4.69) is 20.8 Å². The van der Waals surface area contributed by atoms with E-state index in [0.717, 1.165) is 18.5 Å². The van der Waals surface area contributed by atoms with Crippen LogP contribution in [-0.4, -0.2) is 41.4 Å². The Morgan fingerprint density at radius 1 is 1.53 bits per heavy atom. The van der Waals surface area contributed by atoms with Crippen LogP contribution in [0.25, 0.3) is 0 Å². The summed E-state index contributed by atoms with van der Waals surface area (Å²) in [7, 11) is -0.147. The van der Waals surface area contributed by atoms with Crippen molar-refractivity contribution in [2.24, 2.45) is 0 Å². The second-order valence-corrected chi connectivity index (χ2v) is 6.23. The number of aliphatic carboxylic acids is 1. The van der Waals surface area contributed by atoms with E-state index >= 15 is 0 Å². The third-order valence-electron chi connectivity index (χ3n) is 2.57. The van der Waals surface area contributed by atoms with Gasteiger partial charge in [0.15, 0.2) is 0 Å². The molecule has 1 fully saturated rings. The molecule has 0 radical (unpaired) electrons. The van der Waals surface area contributed by atoms with Crippen molar-refractivity contribution in [3.05, 3.63) is 0 Å². The van der Waals surface area contributed by atoms with E-state index in [1.165, 1.54) is 0 Å². The molecule has 1 saturated heterocycles. The number of hydrogen-bond donors (Lipinski definition) is 1. The zero-order valence-corrected chi connectivity index (χ0v) is 11.6. The average molecular weight is 260 g/mol. The van der Waals surface area contributed by atoms with Crippen molar-refractivity contribution in [3.8, 4) is 0 Å². The summed E-state index contributed by atoms with van der Waals surface area (Å²) in [5, 5.41) is 8.50. The number of carboxylic acid groups (broad SMARTS) is 1. The van der Waals surface area contributed by atoms with Gasteiger partial charge in [-0.05, 0) is 39.3 Å². The number of thioether (sulfide) groups is 1. The van der Waals surface area contributed by atoms with Crippen LogP contribution in [0.5, 0.6) is 0 Å². The maximum atomic E-state index is 10.3. The van der Waals surface area contributed by atoms with Crippen molar-refractivity contribution in [2.75, 3.05) is 11.5 Å². The predicted molar refractivity (Wildman–Crippen MR) is 70.5 cm³/mol. The number of hydrogen-bond acceptors (Lipinski definition) is 4. The van der Waals surface area contributed by atoms with E-state index in [1.54, 1.807) is 11.8 Å². The molecule has 1 heterocycles. The van der Waals surface area contributed by atoms with Crippen molar-refractivity contribution in [3.63, 3.8) is 0 Å². The highest BCUT2D eigenvalue weighted by atomic mass is 32.2. The quantitative estimate of drug-likeness (QED) is 0.586. The Hall–Kier alpha value is -0.195. The van der Waals surface area contributed by atoms with Crippen molar-refractivity contribution >= 4 is 24.8 Å². The van der Waals surface area contributed by atoms with Crippen LogP contribution in [0.2, 0.25) is 6.32 Å². The topological polar surface area (TPSA) is 55.8 Å². The van der Waals surface area contributed by atoms with Crippen LogP contribution in [-0.2, 0) is 14.1 Å². The van der Waals surface area contributed by atoms with E-state index in [1.807, 2.05) is 0 Å². The monoisotopic (exact) mass is 260 g/mol. The summed E-state index contributed by atoms with van der Waals surface area (Å²) >= 11 is 1.64. The average Bonchev–Trinajstić information content (AvgIpc) is 2.13. The maximum absolute atomic E-state index is 10.3. The van der Waals surface area contributed by atoms with Crippen LogP contribution in [0.3, 0.4) is 0 Å². The van der Waals surface area contributed by atoms with Crippen LogP contribution < -0.4 is 0 Å². The molecular weight excluding hydrogens is 239 g/mol. The fourth-order valence-electron chi connectivity index (χ4n) is 2.00. The Balaban J connectivity index is 2.16. The first-order valence-electron chi connectivity index (χ1n) is 6.02. The predicted octanol–water partition coefficient (Wildman–Crippen LogP) is 2.29. The third-order valence-corrected chi connectivity index (χ3v) is 3.59. The zero-order valence-electron chi connectivity index (χ0n) is 10.8. The molecule has 4 nitrogen and oxygen atoms in total. The Bertz CT molecular complexity index is 260. The van der Waals surface area contributed by atoms with Gasteiger partial charge in [0.2, 0.25) is 0 Å². The van der Waals surface area contributed by atoms with E-state index in [4.69, 9.17) is 14.4 Å². The molecule has 1 unspecified atom stereocenters. The summed E-state index contributed by atoms with van der Waals surface area (Å²) in [6, 6.07) is 0. The second-order valence-electron chi connectivity index (χ2n) is 5.00. The molecule has 17 heavy (non-hydrogen) atoms. The van der Waals surface area contributed by atoms with Crippen molar-refractivity contribution in [1.29, 1.82) is 0 Å². The van der Waals surface area contributed by atoms with Gasteiger partial charge in [-0.25, -0.2) is 0 Å². The van der Waals surface area contributed by atoms with E-state index in [9.17, 15) is 4.79 Å². The molecule has 0 spiro atoms. The Kier molecular flexibility index (Phi) is 5.82. The molecule has 1 aliphatic heterocycles. The third kappa shape index (κ3) is 6.34. The summed E-state index contributed by atoms with van der Waals surface area (Å²) in [5.74, 6) is 0.791. The normalized spacial score (nSPS) is 23.7. The minimum absolute atomic E-state index is 0.117. The fraction of sp³-hybridized carbons (Fsp3) is 0.909. The van der Waals surface area contributed by atoms with Gasteiger partial charge in [-0.15, -0.1) is 0 Å². The van der Waals surface area contributed by atoms with E-state index in [-0.39, 0.29) is 25.2 Å². The van der Waals surface area contributed by atoms with Crippen molar-refractivity contribution < 1.29 is 19.2 Å². The summed E-state index contributed by atoms with van der Waals surface area (Å²) in [4.78, 5) is 10.3. The largest absolute Gasteiger partial charge is 0.481 e. The molecule has 1 atom stereocenters. The van der Waals surface area contributed by atoms with E-state index in [0.29, 0.717) is 5.75 Å². The molecule has 0 saturated carbocycles. The standard InChI is InChI=1S/C11H21BO4S/c1-9-8-11(2,3)16-12(15-9)5-7-17-6-4-10(13)14/h9H,4-8H2,1-3H3,(H,13,14). The van der Waals surface area contributed by atoms with Crippen molar-refractivity contribution in [1.82, 2.24) is 0 Å². The Labute approximate surface area is 108 Å². The maximum Gasteiger partial charge on any atom is 0.458 e. The fourth-order valence-corrected chi connectivity index (χ4v) is 2.88. The summed E-state index contributed by atoms with van der Waals surface area (Å²) in [5.41, 5.74) is -0.117. The molecular formula is C11H21BO4S. The summed E-state index contributed by atoms with van der Waals surface area (Å²) in [6.07, 6.45) is 2.18. The highest BCUT2D eigenvalue weighted by Gasteiger charge is 2.36. The SMILES string of the molecule is CC1CC(C)(C)OB(CCSCCC(=O)O)O1. The van der Waals surface area contributed by atoms with Crippen LogP contribution in [0, 0.1) is 0 Å². The molecule has 0 aromatic heterocycles. The van der Waals surface area contributed by atoms with Gasteiger partial charge in [0.25, 0.3) is 0 Å². The Morgan fingerprint density at radius 3 is 2.82 bits per heavy atom. The molecule has 0 aromatic carbocycles. The van der Waals surface area contributed by atoms with Gasteiger partial charge in [0.05, 0.1) is 12.0 Å². The highest BCUT2D eigenvalue weighted by Crippen LogP contribution is 2.27. The molecule has 0 amide bonds. The smallest absolute Gasteiger partial charge is 0.458 e. The lowest BCUT2D eigenvalue weighted by Crippen LogP contribution is -2.45. The van der Waals surface area contributed by atoms with Crippen LogP contribution >= 0.6 is 11.8 Å². The highest BCUT2D eigenvalue weighted by molar-refractivity contribution is 7.99. The molecule has 98 valence electrons. The first-order chi connectivity index (χ1) is 7.89. The van der Waals surface area contributed by atoms with Gasteiger partial charge >= 0.3 is 13.1 Å². The lowest BCUT2D eigenvalue weighted by Gasteiger charge is -2.38. The van der Waals surface area contributed by atoms with Crippen molar-refractivity contribution in [2.45, 2.75) is 51.6 Å². The van der Waals surface area contributed by atoms with Crippen LogP contribution in [0.4, 0.5) is 0 Å². The molecule has 1 aliphatic rings. The number of carboxylic acids is 1. The zero-order chi connectivity index (χ0) is 12.9. The second kappa shape index (κ2) is 6.66. The first kappa shape index (κ1) is 14.9. The minimum Gasteiger partial charge on any atom is -0.481 e. The molecule has 0 bridgehead atoms. The number of rotatable bonds is 6. The number of carbonyl (C=O) groups is 1. The van der Waals surface area contributed by atoms with Gasteiger partial charge in [-0.2, -0.15) is 11.8 Å². The lowest BCUT2D eigenvalue weighted by molar-refractivity contribution is -0.136. The van der Waals surface area contributed by atoms with Gasteiger partial charge < -0.3 is 14.4 Å². The summed E-state index contributed by atoms with van der Waals surface area (Å²) < 4.78 is 11.5. The van der Waals surface area contributed by atoms with Gasteiger partial charge in [0.1, 0.15) is 0 Å². The first-order valence-corrected chi connectivity index (χ1v) is 7.17.